The second-order valence-electron chi connectivity index (χ2n) is 9.15. The van der Waals surface area contributed by atoms with Gasteiger partial charge in [-0.05, 0) is 30.4 Å². The Kier molecular flexibility index (Phi) is 5.61. The Bertz CT molecular complexity index is 1480. The molecule has 3 heterocycles. The number of nitrogens with zero attached hydrogens (tertiary/aromatic N) is 4. The predicted molar refractivity (Wildman–Crippen MR) is 129 cm³/mol. The second-order valence-corrected chi connectivity index (χ2v) is 9.15. The molecule has 34 heavy (non-hydrogen) atoms. The number of rotatable bonds is 7. The summed E-state index contributed by atoms with van der Waals surface area (Å²) >= 11 is 0. The van der Waals surface area contributed by atoms with Gasteiger partial charge in [-0.15, -0.1) is 0 Å². The number of amides is 1. The standard InChI is InChI=1S/C25H26N6O3/c1-15(2)13-30-22-21(24(33)29-25(30)34)18(12-19(27-22)17-8-9-17)23(32)28-20-10-11-26-31(20)14-16-6-4-3-5-7-16/h3-7,10-12,15,17H,8-9,13-14H2,1-2H3,(H,28,32)(H,29,33,34). The lowest BCUT2D eigenvalue weighted by Gasteiger charge is -2.15. The van der Waals surface area contributed by atoms with Crippen LogP contribution >= 0.6 is 0 Å². The summed E-state index contributed by atoms with van der Waals surface area (Å²) in [4.78, 5) is 46.0. The van der Waals surface area contributed by atoms with Gasteiger partial charge in [-0.2, -0.15) is 5.10 Å². The van der Waals surface area contributed by atoms with Crippen molar-refractivity contribution < 1.29 is 4.79 Å². The number of hydrogen-bond acceptors (Lipinski definition) is 5. The van der Waals surface area contributed by atoms with Crippen LogP contribution in [0.1, 0.15) is 54.2 Å². The quantitative estimate of drug-likeness (QED) is 0.442. The van der Waals surface area contributed by atoms with Gasteiger partial charge in [-0.1, -0.05) is 44.2 Å². The molecule has 0 radical (unpaired) electrons. The van der Waals surface area contributed by atoms with Crippen LogP contribution in [-0.2, 0) is 13.1 Å². The third-order valence-electron chi connectivity index (χ3n) is 5.89. The number of carbonyl (C=O) groups is 1. The molecule has 2 N–H and O–H groups in total. The molecule has 0 bridgehead atoms. The monoisotopic (exact) mass is 458 g/mol. The summed E-state index contributed by atoms with van der Waals surface area (Å²) in [5.41, 5.74) is 1.11. The van der Waals surface area contributed by atoms with Gasteiger partial charge >= 0.3 is 5.69 Å². The third-order valence-corrected chi connectivity index (χ3v) is 5.89. The SMILES string of the molecule is CC(C)Cn1c(=O)[nH]c(=O)c2c(C(=O)Nc3ccnn3Cc3ccccc3)cc(C3CC3)nc21. The molecule has 1 saturated carbocycles. The van der Waals surface area contributed by atoms with Crippen LogP contribution in [0.2, 0.25) is 0 Å². The molecule has 1 aromatic carbocycles. The van der Waals surface area contributed by atoms with E-state index in [-0.39, 0.29) is 28.4 Å². The van der Waals surface area contributed by atoms with Crippen LogP contribution in [0.3, 0.4) is 0 Å². The molecule has 0 atom stereocenters. The number of carbonyl (C=O) groups excluding carboxylic acids is 1. The highest BCUT2D eigenvalue weighted by atomic mass is 16.2. The molecule has 0 unspecified atom stereocenters. The number of nitrogens with one attached hydrogen (secondary N) is 2. The first-order valence-corrected chi connectivity index (χ1v) is 11.5. The summed E-state index contributed by atoms with van der Waals surface area (Å²) in [7, 11) is 0. The van der Waals surface area contributed by atoms with Gasteiger partial charge in [-0.25, -0.2) is 14.5 Å². The fourth-order valence-electron chi connectivity index (χ4n) is 4.10. The molecule has 174 valence electrons. The van der Waals surface area contributed by atoms with Crippen molar-refractivity contribution >= 4 is 22.8 Å². The third kappa shape index (κ3) is 4.28. The van der Waals surface area contributed by atoms with Crippen molar-refractivity contribution in [2.75, 3.05) is 5.32 Å². The molecule has 3 aromatic heterocycles. The van der Waals surface area contributed by atoms with Crippen LogP contribution in [0.5, 0.6) is 0 Å². The summed E-state index contributed by atoms with van der Waals surface area (Å²) in [6, 6.07) is 13.2. The molecule has 0 spiro atoms. The minimum absolute atomic E-state index is 0.122. The van der Waals surface area contributed by atoms with Crippen molar-refractivity contribution in [1.82, 2.24) is 24.3 Å². The molecular weight excluding hydrogens is 432 g/mol. The highest BCUT2D eigenvalue weighted by molar-refractivity contribution is 6.11. The number of hydrogen-bond donors (Lipinski definition) is 2. The largest absolute Gasteiger partial charge is 0.330 e. The van der Waals surface area contributed by atoms with Crippen LogP contribution in [0, 0.1) is 5.92 Å². The highest BCUT2D eigenvalue weighted by Crippen LogP contribution is 2.40. The maximum absolute atomic E-state index is 13.5. The van der Waals surface area contributed by atoms with Gasteiger partial charge in [0.15, 0.2) is 5.65 Å². The molecule has 9 nitrogen and oxygen atoms in total. The summed E-state index contributed by atoms with van der Waals surface area (Å²) < 4.78 is 3.15. The Balaban J connectivity index is 1.58. The molecule has 1 fully saturated rings. The highest BCUT2D eigenvalue weighted by Gasteiger charge is 2.29. The smallest absolute Gasteiger partial charge is 0.307 e. The van der Waals surface area contributed by atoms with Crippen LogP contribution in [0.15, 0.2) is 58.3 Å². The van der Waals surface area contributed by atoms with E-state index in [0.717, 1.165) is 24.1 Å². The maximum Gasteiger partial charge on any atom is 0.330 e. The maximum atomic E-state index is 13.5. The number of benzene rings is 1. The fraction of sp³-hybridized carbons (Fsp3) is 0.320. The first-order valence-electron chi connectivity index (χ1n) is 11.5. The van der Waals surface area contributed by atoms with E-state index in [4.69, 9.17) is 0 Å². The minimum atomic E-state index is -0.613. The molecule has 0 saturated heterocycles. The Hall–Kier alpha value is -4.01. The van der Waals surface area contributed by atoms with E-state index in [9.17, 15) is 14.4 Å². The molecule has 0 aliphatic heterocycles. The summed E-state index contributed by atoms with van der Waals surface area (Å²) in [5.74, 6) is 0.465. The van der Waals surface area contributed by atoms with E-state index < -0.39 is 17.2 Å². The van der Waals surface area contributed by atoms with Gasteiger partial charge in [-0.3, -0.25) is 19.1 Å². The molecule has 9 heteroatoms. The molecular formula is C25H26N6O3. The van der Waals surface area contributed by atoms with E-state index in [1.54, 1.807) is 23.0 Å². The zero-order chi connectivity index (χ0) is 23.8. The van der Waals surface area contributed by atoms with E-state index in [2.05, 4.69) is 20.4 Å². The van der Waals surface area contributed by atoms with E-state index in [0.29, 0.717) is 18.9 Å². The normalized spacial score (nSPS) is 13.5. The summed E-state index contributed by atoms with van der Waals surface area (Å²) in [6.07, 6.45) is 3.56. The zero-order valence-corrected chi connectivity index (χ0v) is 19.1. The zero-order valence-electron chi connectivity index (χ0n) is 19.1. The van der Waals surface area contributed by atoms with Crippen LogP contribution in [0.4, 0.5) is 5.82 Å². The molecule has 1 amide bonds. The van der Waals surface area contributed by atoms with E-state index >= 15 is 0 Å². The van der Waals surface area contributed by atoms with Gasteiger partial charge < -0.3 is 5.32 Å². The van der Waals surface area contributed by atoms with Crippen LogP contribution in [0.25, 0.3) is 11.0 Å². The first kappa shape index (κ1) is 21.8. The van der Waals surface area contributed by atoms with Gasteiger partial charge in [0.1, 0.15) is 5.82 Å². The summed E-state index contributed by atoms with van der Waals surface area (Å²) in [5, 5.41) is 7.35. The van der Waals surface area contributed by atoms with Gasteiger partial charge in [0.2, 0.25) is 0 Å². The predicted octanol–water partition coefficient (Wildman–Crippen LogP) is 3.12. The van der Waals surface area contributed by atoms with Crippen molar-refractivity contribution in [2.24, 2.45) is 5.92 Å². The number of fused-ring (bicyclic) bond motifs is 1. The first-order chi connectivity index (χ1) is 16.4. The van der Waals surface area contributed by atoms with Crippen LogP contribution < -0.4 is 16.6 Å². The molecule has 1 aliphatic carbocycles. The Morgan fingerprint density at radius 1 is 1.18 bits per heavy atom. The Morgan fingerprint density at radius 3 is 2.65 bits per heavy atom. The number of H-pyrrole nitrogens is 1. The molecule has 4 aromatic rings. The van der Waals surface area contributed by atoms with Crippen molar-refractivity contribution in [3.63, 3.8) is 0 Å². The number of aromatic amines is 1. The van der Waals surface area contributed by atoms with Crippen molar-refractivity contribution in [3.8, 4) is 0 Å². The topological polar surface area (TPSA) is 115 Å². The summed E-state index contributed by atoms with van der Waals surface area (Å²) in [6.45, 7) is 4.84. The lowest BCUT2D eigenvalue weighted by Crippen LogP contribution is -2.33. The second kappa shape index (κ2) is 8.74. The van der Waals surface area contributed by atoms with Crippen LogP contribution in [-0.4, -0.2) is 30.2 Å². The Labute approximate surface area is 195 Å². The Morgan fingerprint density at radius 2 is 1.94 bits per heavy atom. The van der Waals surface area contributed by atoms with Crippen molar-refractivity contribution in [1.29, 1.82) is 0 Å². The fourth-order valence-corrected chi connectivity index (χ4v) is 4.10. The molecule has 1 aliphatic rings. The van der Waals surface area contributed by atoms with Gasteiger partial charge in [0.05, 0.1) is 23.7 Å². The van der Waals surface area contributed by atoms with Crippen molar-refractivity contribution in [2.45, 2.75) is 45.7 Å². The van der Waals surface area contributed by atoms with E-state index in [1.807, 2.05) is 44.2 Å². The lowest BCUT2D eigenvalue weighted by molar-refractivity contribution is 0.102. The number of anilines is 1. The van der Waals surface area contributed by atoms with Gasteiger partial charge in [0.25, 0.3) is 11.5 Å². The minimum Gasteiger partial charge on any atom is -0.307 e. The average Bonchev–Trinajstić information content (AvgIpc) is 3.58. The lowest BCUT2D eigenvalue weighted by atomic mass is 10.1. The van der Waals surface area contributed by atoms with Gasteiger partial charge in [0, 0.05) is 24.2 Å². The van der Waals surface area contributed by atoms with Crippen molar-refractivity contribution in [3.05, 3.63) is 86.3 Å². The number of pyridine rings is 1. The number of aromatic nitrogens is 5. The van der Waals surface area contributed by atoms with E-state index in [1.165, 1.54) is 4.57 Å². The molecule has 5 rings (SSSR count). The average molecular weight is 459 g/mol.